The Morgan fingerprint density at radius 3 is 2.61 bits per heavy atom. The van der Waals surface area contributed by atoms with Gasteiger partial charge >= 0.3 is 0 Å². The molecule has 0 fully saturated rings. The number of aromatic nitrogens is 1. The maximum Gasteiger partial charge on any atom is 0.127 e. The van der Waals surface area contributed by atoms with Crippen LogP contribution in [0.2, 0.25) is 0 Å². The molecule has 0 spiro atoms. The molecule has 0 radical (unpaired) electrons. The van der Waals surface area contributed by atoms with Gasteiger partial charge < -0.3 is 5.32 Å². The topological polar surface area (TPSA) is 24.9 Å². The van der Waals surface area contributed by atoms with Crippen molar-refractivity contribution in [2.45, 2.75) is 19.5 Å². The van der Waals surface area contributed by atoms with Crippen LogP contribution in [0.1, 0.15) is 24.1 Å². The molecule has 0 aliphatic heterocycles. The molecule has 0 bridgehead atoms. The van der Waals surface area contributed by atoms with Gasteiger partial charge in [0, 0.05) is 30.5 Å². The standard InChI is InChI=1S/C14H14F2N2/c1-10(11-4-6-17-7-5-11)18-9-12-8-13(15)2-3-14(12)16/h2-8,10,18H,9H2,1H3/t10-/m1/s1. The average Bonchev–Trinajstić information content (AvgIpc) is 2.40. The first-order valence-electron chi connectivity index (χ1n) is 5.74. The van der Waals surface area contributed by atoms with Crippen molar-refractivity contribution in [3.63, 3.8) is 0 Å². The Morgan fingerprint density at radius 2 is 1.89 bits per heavy atom. The second kappa shape index (κ2) is 5.69. The summed E-state index contributed by atoms with van der Waals surface area (Å²) in [4.78, 5) is 3.93. The van der Waals surface area contributed by atoms with E-state index in [1.54, 1.807) is 12.4 Å². The largest absolute Gasteiger partial charge is 0.306 e. The summed E-state index contributed by atoms with van der Waals surface area (Å²) in [6.07, 6.45) is 3.41. The van der Waals surface area contributed by atoms with Crippen molar-refractivity contribution in [3.05, 3.63) is 65.5 Å². The van der Waals surface area contributed by atoms with Crippen LogP contribution in [0.15, 0.2) is 42.7 Å². The predicted molar refractivity (Wildman–Crippen MR) is 65.8 cm³/mol. The Hall–Kier alpha value is -1.81. The third-order valence-electron chi connectivity index (χ3n) is 2.81. The van der Waals surface area contributed by atoms with Gasteiger partial charge in [0.25, 0.3) is 0 Å². The van der Waals surface area contributed by atoms with Gasteiger partial charge in [0.15, 0.2) is 0 Å². The normalized spacial score (nSPS) is 12.4. The van der Waals surface area contributed by atoms with E-state index in [1.165, 1.54) is 6.07 Å². The number of halogens is 2. The van der Waals surface area contributed by atoms with E-state index in [2.05, 4.69) is 10.3 Å². The van der Waals surface area contributed by atoms with Crippen molar-refractivity contribution in [2.24, 2.45) is 0 Å². The zero-order chi connectivity index (χ0) is 13.0. The van der Waals surface area contributed by atoms with E-state index in [1.807, 2.05) is 19.1 Å². The molecule has 1 heterocycles. The molecule has 0 saturated carbocycles. The molecule has 2 rings (SSSR count). The number of hydrogen-bond donors (Lipinski definition) is 1. The molecule has 1 aromatic carbocycles. The van der Waals surface area contributed by atoms with Crippen LogP contribution in [-0.4, -0.2) is 4.98 Å². The first kappa shape index (κ1) is 12.6. The summed E-state index contributed by atoms with van der Waals surface area (Å²) >= 11 is 0. The van der Waals surface area contributed by atoms with Crippen molar-refractivity contribution < 1.29 is 8.78 Å². The summed E-state index contributed by atoms with van der Waals surface area (Å²) in [6.45, 7) is 2.25. The molecule has 2 nitrogen and oxygen atoms in total. The number of benzene rings is 1. The van der Waals surface area contributed by atoms with E-state index in [9.17, 15) is 8.78 Å². The summed E-state index contributed by atoms with van der Waals surface area (Å²) in [5.74, 6) is -0.824. The van der Waals surface area contributed by atoms with Gasteiger partial charge in [0.1, 0.15) is 11.6 Å². The van der Waals surface area contributed by atoms with Crippen LogP contribution in [0.3, 0.4) is 0 Å². The van der Waals surface area contributed by atoms with E-state index in [0.29, 0.717) is 5.56 Å². The van der Waals surface area contributed by atoms with Gasteiger partial charge in [-0.15, -0.1) is 0 Å². The highest BCUT2D eigenvalue weighted by Crippen LogP contribution is 2.14. The lowest BCUT2D eigenvalue weighted by molar-refractivity contribution is 0.535. The lowest BCUT2D eigenvalue weighted by atomic mass is 10.1. The van der Waals surface area contributed by atoms with Crippen LogP contribution in [0.4, 0.5) is 8.78 Å². The molecule has 0 saturated heterocycles. The van der Waals surface area contributed by atoms with Crippen LogP contribution in [0.25, 0.3) is 0 Å². The van der Waals surface area contributed by atoms with Crippen LogP contribution in [0, 0.1) is 11.6 Å². The molecule has 0 aliphatic rings. The molecule has 0 aliphatic carbocycles. The second-order valence-corrected chi connectivity index (χ2v) is 4.12. The molecule has 0 amide bonds. The molecule has 2 aromatic rings. The summed E-state index contributed by atoms with van der Waals surface area (Å²) in [6, 6.07) is 7.30. The summed E-state index contributed by atoms with van der Waals surface area (Å²) < 4.78 is 26.4. The number of hydrogen-bond acceptors (Lipinski definition) is 2. The Kier molecular flexibility index (Phi) is 3.99. The Bertz CT molecular complexity index is 514. The highest BCUT2D eigenvalue weighted by Gasteiger charge is 2.07. The highest BCUT2D eigenvalue weighted by atomic mass is 19.1. The van der Waals surface area contributed by atoms with Crippen LogP contribution >= 0.6 is 0 Å². The predicted octanol–water partition coefficient (Wildman–Crippen LogP) is 3.21. The minimum absolute atomic E-state index is 0.0515. The van der Waals surface area contributed by atoms with E-state index in [-0.39, 0.29) is 12.6 Å². The SMILES string of the molecule is C[C@@H](NCc1cc(F)ccc1F)c1ccncc1. The third-order valence-corrected chi connectivity index (χ3v) is 2.81. The van der Waals surface area contributed by atoms with E-state index in [0.717, 1.165) is 17.7 Å². The molecule has 1 aromatic heterocycles. The van der Waals surface area contributed by atoms with E-state index < -0.39 is 11.6 Å². The van der Waals surface area contributed by atoms with Gasteiger partial charge in [-0.05, 0) is 42.8 Å². The number of rotatable bonds is 4. The molecule has 94 valence electrons. The zero-order valence-corrected chi connectivity index (χ0v) is 10.0. The fourth-order valence-corrected chi connectivity index (χ4v) is 1.71. The Balaban J connectivity index is 2.01. The van der Waals surface area contributed by atoms with Crippen LogP contribution in [-0.2, 0) is 6.54 Å². The number of nitrogens with zero attached hydrogens (tertiary/aromatic N) is 1. The maximum atomic E-state index is 13.4. The first-order valence-corrected chi connectivity index (χ1v) is 5.74. The average molecular weight is 248 g/mol. The number of pyridine rings is 1. The molecular weight excluding hydrogens is 234 g/mol. The van der Waals surface area contributed by atoms with Gasteiger partial charge in [-0.2, -0.15) is 0 Å². The van der Waals surface area contributed by atoms with Crippen molar-refractivity contribution >= 4 is 0 Å². The minimum Gasteiger partial charge on any atom is -0.306 e. The van der Waals surface area contributed by atoms with Gasteiger partial charge in [-0.1, -0.05) is 0 Å². The maximum absolute atomic E-state index is 13.4. The Labute approximate surface area is 105 Å². The molecule has 18 heavy (non-hydrogen) atoms. The van der Waals surface area contributed by atoms with Crippen LogP contribution < -0.4 is 5.32 Å². The second-order valence-electron chi connectivity index (χ2n) is 4.12. The third kappa shape index (κ3) is 3.11. The van der Waals surface area contributed by atoms with Crippen molar-refractivity contribution in [1.82, 2.24) is 10.3 Å². The molecule has 0 unspecified atom stereocenters. The summed E-state index contributed by atoms with van der Waals surface area (Å²) in [5.41, 5.74) is 1.39. The zero-order valence-electron chi connectivity index (χ0n) is 10.0. The molecule has 1 atom stereocenters. The quantitative estimate of drug-likeness (QED) is 0.898. The fourth-order valence-electron chi connectivity index (χ4n) is 1.71. The van der Waals surface area contributed by atoms with Crippen molar-refractivity contribution in [3.8, 4) is 0 Å². The minimum atomic E-state index is -0.426. The smallest absolute Gasteiger partial charge is 0.127 e. The van der Waals surface area contributed by atoms with Crippen molar-refractivity contribution in [1.29, 1.82) is 0 Å². The first-order chi connectivity index (χ1) is 8.66. The lowest BCUT2D eigenvalue weighted by Gasteiger charge is -2.14. The fraction of sp³-hybridized carbons (Fsp3) is 0.214. The monoisotopic (exact) mass is 248 g/mol. The Morgan fingerprint density at radius 1 is 1.17 bits per heavy atom. The summed E-state index contributed by atoms with van der Waals surface area (Å²) in [5, 5.41) is 3.15. The molecular formula is C14H14F2N2. The van der Waals surface area contributed by atoms with Gasteiger partial charge in [0.05, 0.1) is 0 Å². The summed E-state index contributed by atoms with van der Waals surface area (Å²) in [7, 11) is 0. The number of nitrogens with one attached hydrogen (secondary N) is 1. The van der Waals surface area contributed by atoms with Crippen LogP contribution in [0.5, 0.6) is 0 Å². The van der Waals surface area contributed by atoms with E-state index >= 15 is 0 Å². The highest BCUT2D eigenvalue weighted by molar-refractivity contribution is 5.19. The lowest BCUT2D eigenvalue weighted by Crippen LogP contribution is -2.18. The molecule has 4 heteroatoms. The molecule has 1 N–H and O–H groups in total. The van der Waals surface area contributed by atoms with Crippen molar-refractivity contribution in [2.75, 3.05) is 0 Å². The van der Waals surface area contributed by atoms with E-state index in [4.69, 9.17) is 0 Å². The van der Waals surface area contributed by atoms with Gasteiger partial charge in [0.2, 0.25) is 0 Å². The van der Waals surface area contributed by atoms with Gasteiger partial charge in [-0.25, -0.2) is 8.78 Å². The van der Waals surface area contributed by atoms with Gasteiger partial charge in [-0.3, -0.25) is 4.98 Å².